The topological polar surface area (TPSA) is 153 Å². The van der Waals surface area contributed by atoms with Crippen molar-refractivity contribution in [2.24, 2.45) is 22.9 Å². The molecule has 1 amide bonds. The van der Waals surface area contributed by atoms with Gasteiger partial charge < -0.3 is 34.2 Å². The van der Waals surface area contributed by atoms with Crippen LogP contribution in [0.15, 0.2) is 127 Å². The Morgan fingerprint density at radius 2 is 1.70 bits per heavy atom. The number of carbonyl (C=O) groups excluding carboxylic acids is 1. The second-order valence-electron chi connectivity index (χ2n) is 16.6. The van der Waals surface area contributed by atoms with Crippen LogP contribution in [0.2, 0.25) is 0 Å². The Labute approximate surface area is 369 Å². The van der Waals surface area contributed by atoms with Crippen molar-refractivity contribution in [3.05, 3.63) is 149 Å². The molecular weight excluding hydrogens is 799 g/mol. The molecule has 12 heteroatoms. The Morgan fingerprint density at radius 1 is 0.952 bits per heavy atom. The normalized spacial score (nSPS) is 22.9. The lowest BCUT2D eigenvalue weighted by atomic mass is 9.55. The number of allylic oxidation sites excluding steroid dienone is 1. The van der Waals surface area contributed by atoms with Crippen LogP contribution in [0.1, 0.15) is 85.7 Å². The summed E-state index contributed by atoms with van der Waals surface area (Å²) in [6.07, 6.45) is 11.1. The minimum Gasteiger partial charge on any atom is -0.490 e. The fourth-order valence-corrected chi connectivity index (χ4v) is 9.92. The highest BCUT2D eigenvalue weighted by Crippen LogP contribution is 2.62. The number of amides is 1. The van der Waals surface area contributed by atoms with E-state index >= 15 is 4.79 Å². The molecule has 6 atom stereocenters. The van der Waals surface area contributed by atoms with Crippen LogP contribution in [-0.2, 0) is 16.2 Å². The molecule has 4 aromatic rings. The summed E-state index contributed by atoms with van der Waals surface area (Å²) < 4.78 is 20.6. The Morgan fingerprint density at radius 3 is 2.41 bits per heavy atom. The van der Waals surface area contributed by atoms with Gasteiger partial charge in [-0.05, 0) is 108 Å². The zero-order valence-electron chi connectivity index (χ0n) is 36.1. The summed E-state index contributed by atoms with van der Waals surface area (Å²) >= 11 is 0. The van der Waals surface area contributed by atoms with Crippen molar-refractivity contribution in [3.8, 4) is 11.5 Å². The van der Waals surface area contributed by atoms with E-state index in [2.05, 4.69) is 25.3 Å². The van der Waals surface area contributed by atoms with Crippen LogP contribution >= 0.6 is 0 Å². The number of nitro groups is 1. The lowest BCUT2D eigenvalue weighted by Crippen LogP contribution is -2.70. The first-order valence-electron chi connectivity index (χ1n) is 22.2. The summed E-state index contributed by atoms with van der Waals surface area (Å²) in [5, 5.41) is 38.1. The van der Waals surface area contributed by atoms with E-state index in [-0.39, 0.29) is 62.2 Å². The molecule has 1 fully saturated rings. The van der Waals surface area contributed by atoms with Gasteiger partial charge in [0, 0.05) is 55.4 Å². The Kier molecular flexibility index (Phi) is 15.1. The van der Waals surface area contributed by atoms with E-state index in [4.69, 9.17) is 24.2 Å². The van der Waals surface area contributed by atoms with Crippen molar-refractivity contribution in [2.75, 3.05) is 33.0 Å². The number of nitrogens with zero attached hydrogens (tertiary/aromatic N) is 3. The number of fused-ring (bicyclic) bond motifs is 3. The Bertz CT molecular complexity index is 2310. The molecule has 12 nitrogen and oxygen atoms in total. The SMILES string of the molecule is C=CCOc1ccc2c(c1)[C@H]1[C@H](CCCCO)[C@@H](CCCCO)C=C3C(=NOCc4ccc([N+](=O)[O-])cc4)C[C@H](N(CCC)C(=O)c4ccc5ccccc5c4)[C@@](OCC=C)(O2)[C@H]31. The number of benzene rings is 4. The highest BCUT2D eigenvalue weighted by molar-refractivity contribution is 6.04. The van der Waals surface area contributed by atoms with Crippen LogP contribution < -0.4 is 9.47 Å². The molecule has 4 aromatic carbocycles. The molecule has 2 aliphatic carbocycles. The summed E-state index contributed by atoms with van der Waals surface area (Å²) in [6, 6.07) is 25.2. The van der Waals surface area contributed by atoms with Gasteiger partial charge in [0.1, 0.15) is 30.8 Å². The third-order valence-corrected chi connectivity index (χ3v) is 12.7. The fourth-order valence-electron chi connectivity index (χ4n) is 9.92. The molecule has 0 bridgehead atoms. The van der Waals surface area contributed by atoms with E-state index in [1.54, 1.807) is 24.3 Å². The standard InChI is InChI=1S/C51H59N3O9/c1-4-25-53(50(57)39-20-19-36-13-7-8-14-37(36)30-39)47-33-45(52-62-34-35-17-21-40(22-18-35)54(58)59)43-31-38(15-9-11-26-55)42(16-10-12-27-56)48-44-32-41(60-28-5-2)23-24-46(44)63-51(47,49(43)48)61-29-6-3/h5-8,13-14,17-24,30-32,38,42,47-49,55-56H,2-4,9-12,15-16,25-29,33-34H2,1H3/t38-,42+,47-,48+,49+,51+/m0/s1. The van der Waals surface area contributed by atoms with Crippen molar-refractivity contribution < 1.29 is 39.0 Å². The van der Waals surface area contributed by atoms with Crippen molar-refractivity contribution in [3.63, 3.8) is 0 Å². The first-order valence-corrected chi connectivity index (χ1v) is 22.2. The van der Waals surface area contributed by atoms with Gasteiger partial charge in [0.05, 0.1) is 23.2 Å². The largest absolute Gasteiger partial charge is 0.490 e. The average molecular weight is 858 g/mol. The maximum Gasteiger partial charge on any atom is 0.269 e. The van der Waals surface area contributed by atoms with Gasteiger partial charge in [-0.3, -0.25) is 14.9 Å². The summed E-state index contributed by atoms with van der Waals surface area (Å²) in [5.41, 5.74) is 3.77. The van der Waals surface area contributed by atoms with Gasteiger partial charge >= 0.3 is 0 Å². The molecule has 332 valence electrons. The van der Waals surface area contributed by atoms with Crippen LogP contribution in [0, 0.1) is 27.9 Å². The molecule has 0 radical (unpaired) electrons. The molecule has 63 heavy (non-hydrogen) atoms. The minimum absolute atomic E-state index is 0.0158. The van der Waals surface area contributed by atoms with E-state index in [0.717, 1.165) is 47.6 Å². The monoisotopic (exact) mass is 857 g/mol. The van der Waals surface area contributed by atoms with E-state index in [1.165, 1.54) is 12.1 Å². The quantitative estimate of drug-likeness (QED) is 0.0341. The third-order valence-electron chi connectivity index (χ3n) is 12.7. The second kappa shape index (κ2) is 21.0. The van der Waals surface area contributed by atoms with Gasteiger partial charge in [-0.1, -0.05) is 80.1 Å². The molecule has 7 rings (SSSR count). The van der Waals surface area contributed by atoms with Crippen molar-refractivity contribution in [2.45, 2.75) is 82.6 Å². The van der Waals surface area contributed by atoms with Gasteiger partial charge in [0.15, 0.2) is 0 Å². The van der Waals surface area contributed by atoms with Gasteiger partial charge in [-0.2, -0.15) is 0 Å². The Hall–Kier alpha value is -5.82. The molecule has 0 saturated heterocycles. The van der Waals surface area contributed by atoms with Gasteiger partial charge in [0.25, 0.3) is 11.6 Å². The van der Waals surface area contributed by atoms with Crippen molar-refractivity contribution in [1.29, 1.82) is 0 Å². The fraction of sp³-hybridized carbons (Fsp3) is 0.412. The first-order chi connectivity index (χ1) is 30.8. The van der Waals surface area contributed by atoms with E-state index < -0.39 is 22.7 Å². The summed E-state index contributed by atoms with van der Waals surface area (Å²) in [5.74, 6) is -0.869. The van der Waals surface area contributed by atoms with E-state index in [0.29, 0.717) is 60.8 Å². The molecule has 0 spiro atoms. The molecule has 1 heterocycles. The maximum absolute atomic E-state index is 15.2. The molecule has 0 unspecified atom stereocenters. The van der Waals surface area contributed by atoms with Crippen LogP contribution in [0.5, 0.6) is 11.5 Å². The number of carbonyl (C=O) groups is 1. The van der Waals surface area contributed by atoms with Crippen molar-refractivity contribution >= 4 is 28.1 Å². The van der Waals surface area contributed by atoms with Crippen LogP contribution in [0.3, 0.4) is 0 Å². The first kappa shape index (κ1) is 45.2. The van der Waals surface area contributed by atoms with Gasteiger partial charge in [-0.25, -0.2) is 0 Å². The number of nitro benzene ring substituents is 1. The smallest absolute Gasteiger partial charge is 0.269 e. The number of unbranched alkanes of at least 4 members (excludes halogenated alkanes) is 2. The molecule has 0 aromatic heterocycles. The lowest BCUT2D eigenvalue weighted by molar-refractivity contribution is -0.384. The molecular formula is C51H59N3O9. The predicted molar refractivity (Wildman–Crippen MR) is 244 cm³/mol. The molecule has 3 aliphatic rings. The second-order valence-corrected chi connectivity index (χ2v) is 16.6. The van der Waals surface area contributed by atoms with Gasteiger partial charge in [0.2, 0.25) is 5.79 Å². The predicted octanol–water partition coefficient (Wildman–Crippen LogP) is 9.70. The van der Waals surface area contributed by atoms with Crippen LogP contribution in [0.25, 0.3) is 10.8 Å². The highest BCUT2D eigenvalue weighted by Gasteiger charge is 2.65. The number of aliphatic hydroxyl groups excluding tert-OH is 2. The number of aliphatic hydroxyl groups is 2. The van der Waals surface area contributed by atoms with Crippen LogP contribution in [0.4, 0.5) is 5.69 Å². The highest BCUT2D eigenvalue weighted by atomic mass is 16.7. The molecule has 2 N–H and O–H groups in total. The third kappa shape index (κ3) is 9.73. The van der Waals surface area contributed by atoms with Crippen LogP contribution in [-0.4, -0.2) is 76.5 Å². The number of rotatable bonds is 22. The Balaban J connectivity index is 1.43. The lowest BCUT2D eigenvalue weighted by Gasteiger charge is -2.60. The maximum atomic E-state index is 15.2. The number of oxime groups is 1. The van der Waals surface area contributed by atoms with Gasteiger partial charge in [-0.15, -0.1) is 6.58 Å². The minimum atomic E-state index is -1.41. The molecule has 1 aliphatic heterocycles. The van der Waals surface area contributed by atoms with Crippen molar-refractivity contribution in [1.82, 2.24) is 4.90 Å². The number of non-ortho nitro benzene ring substituents is 1. The van der Waals surface area contributed by atoms with E-state index in [1.807, 2.05) is 66.4 Å². The zero-order valence-corrected chi connectivity index (χ0v) is 36.1. The number of ether oxygens (including phenoxy) is 3. The summed E-state index contributed by atoms with van der Waals surface area (Å²) in [7, 11) is 0. The average Bonchev–Trinajstić information content (AvgIpc) is 3.30. The molecule has 1 saturated carbocycles. The number of hydrogen-bond donors (Lipinski definition) is 2. The van der Waals surface area contributed by atoms with E-state index in [9.17, 15) is 20.3 Å². The zero-order chi connectivity index (χ0) is 44.3. The summed E-state index contributed by atoms with van der Waals surface area (Å²) in [6.45, 7) is 11.0. The summed E-state index contributed by atoms with van der Waals surface area (Å²) in [4.78, 5) is 34.2. The number of hydrogen-bond acceptors (Lipinski definition) is 10.